The SMILES string of the molecule is OC[C@H]1O[C@H](OC[C@H]2O[C@H](OC[C@H]3OCC[C@@H](O)[C@@H]3O)[C@H](O)[C@@H](O)[C@@H]2O)[C@H](O)[C@@H](O)[C@@H]1O. The van der Waals surface area contributed by atoms with Crippen molar-refractivity contribution in [1.82, 2.24) is 0 Å². The average molecular weight is 472 g/mol. The van der Waals surface area contributed by atoms with Crippen LogP contribution in [-0.4, -0.2) is 152 Å². The molecule has 3 saturated heterocycles. The summed E-state index contributed by atoms with van der Waals surface area (Å²) in [5.41, 5.74) is 0. The molecule has 3 heterocycles. The van der Waals surface area contributed by atoms with Gasteiger partial charge in [0.15, 0.2) is 12.6 Å². The van der Waals surface area contributed by atoms with Crippen molar-refractivity contribution < 1.29 is 69.6 Å². The van der Waals surface area contributed by atoms with Gasteiger partial charge >= 0.3 is 0 Å². The van der Waals surface area contributed by atoms with Gasteiger partial charge in [-0.25, -0.2) is 0 Å². The maximum absolute atomic E-state index is 10.2. The lowest BCUT2D eigenvalue weighted by Crippen LogP contribution is -2.62. The second-order valence-corrected chi connectivity index (χ2v) is 8.13. The van der Waals surface area contributed by atoms with E-state index in [0.717, 1.165) is 0 Å². The van der Waals surface area contributed by atoms with Crippen LogP contribution in [-0.2, 0) is 23.7 Å². The second kappa shape index (κ2) is 11.2. The van der Waals surface area contributed by atoms with Gasteiger partial charge in [-0.15, -0.1) is 0 Å². The van der Waals surface area contributed by atoms with E-state index in [-0.39, 0.29) is 19.6 Å². The van der Waals surface area contributed by atoms with Gasteiger partial charge in [0.1, 0.15) is 61.0 Å². The van der Waals surface area contributed by atoms with E-state index in [4.69, 9.17) is 23.7 Å². The summed E-state index contributed by atoms with van der Waals surface area (Å²) in [5, 5.41) is 89.0. The Hall–Kier alpha value is -0.560. The lowest BCUT2D eigenvalue weighted by atomic mass is 9.98. The second-order valence-electron chi connectivity index (χ2n) is 8.13. The molecule has 3 rings (SSSR count). The van der Waals surface area contributed by atoms with E-state index >= 15 is 0 Å². The molecule has 32 heavy (non-hydrogen) atoms. The van der Waals surface area contributed by atoms with Crippen molar-refractivity contribution >= 4 is 0 Å². The molecule has 13 atom stereocenters. The first-order valence-corrected chi connectivity index (χ1v) is 10.4. The summed E-state index contributed by atoms with van der Waals surface area (Å²) in [6.07, 6.45) is -18.1. The average Bonchev–Trinajstić information content (AvgIpc) is 2.78. The monoisotopic (exact) mass is 472 g/mol. The number of aliphatic hydroxyl groups excluding tert-OH is 9. The maximum atomic E-state index is 10.2. The molecule has 9 N–H and O–H groups in total. The third-order valence-electron chi connectivity index (χ3n) is 5.89. The zero-order valence-electron chi connectivity index (χ0n) is 17.1. The third kappa shape index (κ3) is 5.56. The molecule has 0 aromatic rings. The third-order valence-corrected chi connectivity index (χ3v) is 5.89. The molecule has 0 radical (unpaired) electrons. The Labute approximate surface area is 183 Å². The van der Waals surface area contributed by atoms with Crippen LogP contribution in [0.5, 0.6) is 0 Å². The highest BCUT2D eigenvalue weighted by Gasteiger charge is 2.47. The Morgan fingerprint density at radius 1 is 0.594 bits per heavy atom. The Morgan fingerprint density at radius 2 is 1.09 bits per heavy atom. The highest BCUT2D eigenvalue weighted by atomic mass is 16.7. The number of hydrogen-bond donors (Lipinski definition) is 9. The standard InChI is InChI=1S/C18H32O14/c19-3-7-11(22)13(24)15(26)17(31-7)30-5-9-12(23)14(25)16(27)18(32-9)29-4-8-10(21)6(20)1-2-28-8/h6-27H,1-5H2/t6-,7-,8-,9-,10+,11-,12-,13+,14+,15-,16-,17+,18+/m1/s1. The minimum Gasteiger partial charge on any atom is -0.394 e. The number of ether oxygens (including phenoxy) is 5. The molecule has 0 amide bonds. The Balaban J connectivity index is 1.56. The molecule has 0 unspecified atom stereocenters. The molecule has 0 saturated carbocycles. The van der Waals surface area contributed by atoms with Gasteiger partial charge in [0, 0.05) is 6.61 Å². The van der Waals surface area contributed by atoms with Crippen molar-refractivity contribution in [1.29, 1.82) is 0 Å². The molecule has 0 bridgehead atoms. The van der Waals surface area contributed by atoms with Gasteiger partial charge in [-0.3, -0.25) is 0 Å². The summed E-state index contributed by atoms with van der Waals surface area (Å²) in [4.78, 5) is 0. The predicted octanol–water partition coefficient (Wildman–Crippen LogP) is -5.86. The van der Waals surface area contributed by atoms with Crippen LogP contribution in [0.1, 0.15) is 6.42 Å². The van der Waals surface area contributed by atoms with Crippen molar-refractivity contribution in [2.75, 3.05) is 26.4 Å². The smallest absolute Gasteiger partial charge is 0.186 e. The zero-order chi connectivity index (χ0) is 23.6. The van der Waals surface area contributed by atoms with Crippen LogP contribution in [0.4, 0.5) is 0 Å². The topological polar surface area (TPSA) is 228 Å². The number of hydrogen-bond acceptors (Lipinski definition) is 14. The Bertz CT molecular complexity index is 580. The molecule has 188 valence electrons. The fourth-order valence-corrected chi connectivity index (χ4v) is 3.78. The van der Waals surface area contributed by atoms with E-state index in [1.54, 1.807) is 0 Å². The quantitative estimate of drug-likeness (QED) is 0.168. The number of aliphatic hydroxyl groups is 9. The van der Waals surface area contributed by atoms with Crippen molar-refractivity contribution in [3.63, 3.8) is 0 Å². The van der Waals surface area contributed by atoms with Crippen molar-refractivity contribution in [3.05, 3.63) is 0 Å². The van der Waals surface area contributed by atoms with E-state index in [1.807, 2.05) is 0 Å². The predicted molar refractivity (Wildman–Crippen MR) is 98.7 cm³/mol. The van der Waals surface area contributed by atoms with Crippen molar-refractivity contribution in [3.8, 4) is 0 Å². The van der Waals surface area contributed by atoms with Crippen LogP contribution in [0.3, 0.4) is 0 Å². The normalized spacial score (nSPS) is 50.3. The van der Waals surface area contributed by atoms with E-state index < -0.39 is 92.9 Å². The van der Waals surface area contributed by atoms with Crippen molar-refractivity contribution in [2.24, 2.45) is 0 Å². The summed E-state index contributed by atoms with van der Waals surface area (Å²) in [7, 11) is 0. The first-order chi connectivity index (χ1) is 15.1. The number of rotatable bonds is 7. The van der Waals surface area contributed by atoms with Crippen LogP contribution in [0, 0.1) is 0 Å². The van der Waals surface area contributed by atoms with Crippen LogP contribution in [0.15, 0.2) is 0 Å². The fourth-order valence-electron chi connectivity index (χ4n) is 3.78. The lowest BCUT2D eigenvalue weighted by Gasteiger charge is -2.43. The minimum atomic E-state index is -1.69. The van der Waals surface area contributed by atoms with Gasteiger partial charge in [0.25, 0.3) is 0 Å². The van der Waals surface area contributed by atoms with Crippen LogP contribution in [0.2, 0.25) is 0 Å². The molecular formula is C18H32O14. The molecule has 3 aliphatic heterocycles. The highest BCUT2D eigenvalue weighted by molar-refractivity contribution is 4.92. The van der Waals surface area contributed by atoms with Crippen molar-refractivity contribution in [2.45, 2.75) is 86.1 Å². The van der Waals surface area contributed by atoms with E-state index in [2.05, 4.69) is 0 Å². The summed E-state index contributed by atoms with van der Waals surface area (Å²) in [6.45, 7) is -1.24. The summed E-state index contributed by atoms with van der Waals surface area (Å²) < 4.78 is 26.7. The molecule has 3 fully saturated rings. The van der Waals surface area contributed by atoms with Crippen LogP contribution >= 0.6 is 0 Å². The Kier molecular flexibility index (Phi) is 9.15. The molecule has 14 heteroatoms. The molecule has 3 aliphatic rings. The van der Waals surface area contributed by atoms with E-state index in [1.165, 1.54) is 0 Å². The summed E-state index contributed by atoms with van der Waals surface area (Å²) in [6, 6.07) is 0. The van der Waals surface area contributed by atoms with Crippen LogP contribution in [0.25, 0.3) is 0 Å². The molecule has 0 aliphatic carbocycles. The van der Waals surface area contributed by atoms with E-state index in [0.29, 0.717) is 0 Å². The molecule has 0 aromatic carbocycles. The first kappa shape index (κ1) is 26.1. The largest absolute Gasteiger partial charge is 0.394 e. The van der Waals surface area contributed by atoms with Gasteiger partial charge in [-0.2, -0.15) is 0 Å². The maximum Gasteiger partial charge on any atom is 0.186 e. The van der Waals surface area contributed by atoms with E-state index in [9.17, 15) is 46.0 Å². The van der Waals surface area contributed by atoms with Gasteiger partial charge < -0.3 is 69.6 Å². The van der Waals surface area contributed by atoms with Gasteiger partial charge in [-0.05, 0) is 6.42 Å². The zero-order valence-corrected chi connectivity index (χ0v) is 17.1. The first-order valence-electron chi connectivity index (χ1n) is 10.4. The highest BCUT2D eigenvalue weighted by Crippen LogP contribution is 2.26. The summed E-state index contributed by atoms with van der Waals surface area (Å²) >= 11 is 0. The van der Waals surface area contributed by atoms with Crippen LogP contribution < -0.4 is 0 Å². The fraction of sp³-hybridized carbons (Fsp3) is 1.00. The molecule has 14 nitrogen and oxygen atoms in total. The van der Waals surface area contributed by atoms with Gasteiger partial charge in [0.05, 0.1) is 25.9 Å². The Morgan fingerprint density at radius 3 is 1.66 bits per heavy atom. The molecular weight excluding hydrogens is 440 g/mol. The van der Waals surface area contributed by atoms with Gasteiger partial charge in [-0.1, -0.05) is 0 Å². The van der Waals surface area contributed by atoms with Gasteiger partial charge in [0.2, 0.25) is 0 Å². The summed E-state index contributed by atoms with van der Waals surface area (Å²) in [5.74, 6) is 0. The molecule has 0 aromatic heterocycles. The molecule has 0 spiro atoms. The lowest BCUT2D eigenvalue weighted by molar-refractivity contribution is -0.334. The minimum absolute atomic E-state index is 0.192.